The molecule has 1 aliphatic heterocycles. The highest BCUT2D eigenvalue weighted by Crippen LogP contribution is 2.23. The van der Waals surface area contributed by atoms with E-state index in [9.17, 15) is 4.39 Å². The SMILES string of the molecule is COc1ccc([C@@H]2COCCN2)c(F)c1. The molecule has 0 saturated carbocycles. The van der Waals surface area contributed by atoms with Gasteiger partial charge in [-0.05, 0) is 6.07 Å². The van der Waals surface area contributed by atoms with Crippen molar-refractivity contribution in [3.63, 3.8) is 0 Å². The summed E-state index contributed by atoms with van der Waals surface area (Å²) in [6.07, 6.45) is 0. The molecule has 1 heterocycles. The molecule has 1 aliphatic rings. The molecule has 1 N–H and O–H groups in total. The van der Waals surface area contributed by atoms with E-state index in [1.807, 2.05) is 0 Å². The number of ether oxygens (including phenoxy) is 2. The monoisotopic (exact) mass is 211 g/mol. The van der Waals surface area contributed by atoms with Crippen LogP contribution in [0.2, 0.25) is 0 Å². The highest BCUT2D eigenvalue weighted by molar-refractivity contribution is 5.31. The molecule has 1 aromatic carbocycles. The van der Waals surface area contributed by atoms with Crippen LogP contribution in [0.1, 0.15) is 11.6 Å². The maximum Gasteiger partial charge on any atom is 0.131 e. The van der Waals surface area contributed by atoms with Crippen molar-refractivity contribution in [3.8, 4) is 5.75 Å². The zero-order valence-corrected chi connectivity index (χ0v) is 8.63. The van der Waals surface area contributed by atoms with Gasteiger partial charge in [0, 0.05) is 18.2 Å². The number of rotatable bonds is 2. The minimum Gasteiger partial charge on any atom is -0.497 e. The van der Waals surface area contributed by atoms with Crippen molar-refractivity contribution in [2.75, 3.05) is 26.9 Å². The smallest absolute Gasteiger partial charge is 0.131 e. The van der Waals surface area contributed by atoms with Crippen molar-refractivity contribution >= 4 is 0 Å². The fourth-order valence-corrected chi connectivity index (χ4v) is 1.68. The summed E-state index contributed by atoms with van der Waals surface area (Å²) < 4.78 is 23.9. The average Bonchev–Trinajstić information content (AvgIpc) is 2.30. The average molecular weight is 211 g/mol. The first kappa shape index (κ1) is 10.4. The second-order valence-corrected chi connectivity index (χ2v) is 3.47. The van der Waals surface area contributed by atoms with Gasteiger partial charge in [0.25, 0.3) is 0 Å². The molecule has 1 fully saturated rings. The topological polar surface area (TPSA) is 30.5 Å². The molecule has 0 unspecified atom stereocenters. The van der Waals surface area contributed by atoms with Gasteiger partial charge in [-0.15, -0.1) is 0 Å². The van der Waals surface area contributed by atoms with E-state index in [1.54, 1.807) is 12.1 Å². The number of halogens is 1. The van der Waals surface area contributed by atoms with Crippen LogP contribution in [0.5, 0.6) is 5.75 Å². The van der Waals surface area contributed by atoms with Crippen molar-refractivity contribution < 1.29 is 13.9 Å². The Morgan fingerprint density at radius 2 is 2.40 bits per heavy atom. The molecule has 0 amide bonds. The summed E-state index contributed by atoms with van der Waals surface area (Å²) in [7, 11) is 1.52. The standard InChI is InChI=1S/C11H14FNO2/c1-14-8-2-3-9(10(12)6-8)11-7-15-5-4-13-11/h2-3,6,11,13H,4-5,7H2,1H3/t11-/m0/s1. The summed E-state index contributed by atoms with van der Waals surface area (Å²) in [6, 6.07) is 4.84. The Morgan fingerprint density at radius 3 is 3.00 bits per heavy atom. The Balaban J connectivity index is 2.19. The quantitative estimate of drug-likeness (QED) is 0.804. The van der Waals surface area contributed by atoms with E-state index in [0.29, 0.717) is 24.5 Å². The zero-order chi connectivity index (χ0) is 10.7. The van der Waals surface area contributed by atoms with Crippen molar-refractivity contribution in [2.24, 2.45) is 0 Å². The molecule has 1 saturated heterocycles. The molecule has 1 atom stereocenters. The molecule has 0 bridgehead atoms. The van der Waals surface area contributed by atoms with Crippen LogP contribution in [0, 0.1) is 5.82 Å². The second kappa shape index (κ2) is 4.59. The van der Waals surface area contributed by atoms with E-state index in [1.165, 1.54) is 13.2 Å². The lowest BCUT2D eigenvalue weighted by Crippen LogP contribution is -2.35. The van der Waals surface area contributed by atoms with Crippen LogP contribution < -0.4 is 10.1 Å². The molecular weight excluding hydrogens is 197 g/mol. The van der Waals surface area contributed by atoms with Gasteiger partial charge in [-0.25, -0.2) is 4.39 Å². The Kier molecular flexibility index (Phi) is 3.18. The van der Waals surface area contributed by atoms with Crippen molar-refractivity contribution in [2.45, 2.75) is 6.04 Å². The first-order chi connectivity index (χ1) is 7.31. The lowest BCUT2D eigenvalue weighted by atomic mass is 10.1. The molecule has 4 heteroatoms. The van der Waals surface area contributed by atoms with Crippen LogP contribution in [0.25, 0.3) is 0 Å². The first-order valence-electron chi connectivity index (χ1n) is 4.96. The van der Waals surface area contributed by atoms with Gasteiger partial charge in [-0.1, -0.05) is 6.07 Å². The maximum atomic E-state index is 13.6. The highest BCUT2D eigenvalue weighted by atomic mass is 19.1. The third-order valence-electron chi connectivity index (χ3n) is 2.50. The normalized spacial score (nSPS) is 21.3. The highest BCUT2D eigenvalue weighted by Gasteiger charge is 2.18. The molecule has 82 valence electrons. The first-order valence-corrected chi connectivity index (χ1v) is 4.96. The fraction of sp³-hybridized carbons (Fsp3) is 0.455. The van der Waals surface area contributed by atoms with Gasteiger partial charge >= 0.3 is 0 Å². The largest absolute Gasteiger partial charge is 0.497 e. The van der Waals surface area contributed by atoms with E-state index in [2.05, 4.69) is 5.32 Å². The van der Waals surface area contributed by atoms with Crippen LogP contribution in [-0.2, 0) is 4.74 Å². The minimum atomic E-state index is -0.252. The van der Waals surface area contributed by atoms with Gasteiger partial charge in [0.2, 0.25) is 0 Å². The number of hydrogen-bond donors (Lipinski definition) is 1. The molecule has 0 spiro atoms. The number of benzene rings is 1. The van der Waals surface area contributed by atoms with Crippen LogP contribution in [-0.4, -0.2) is 26.9 Å². The lowest BCUT2D eigenvalue weighted by Gasteiger charge is -2.24. The van der Waals surface area contributed by atoms with Crippen molar-refractivity contribution in [1.29, 1.82) is 0 Å². The summed E-state index contributed by atoms with van der Waals surface area (Å²) in [4.78, 5) is 0. The number of nitrogens with one attached hydrogen (secondary N) is 1. The molecule has 15 heavy (non-hydrogen) atoms. The second-order valence-electron chi connectivity index (χ2n) is 3.47. The predicted octanol–water partition coefficient (Wildman–Crippen LogP) is 1.50. The van der Waals surface area contributed by atoms with E-state index in [-0.39, 0.29) is 11.9 Å². The lowest BCUT2D eigenvalue weighted by molar-refractivity contribution is 0.0757. The zero-order valence-electron chi connectivity index (χ0n) is 8.63. The van der Waals surface area contributed by atoms with E-state index < -0.39 is 0 Å². The molecule has 0 radical (unpaired) electrons. The summed E-state index contributed by atoms with van der Waals surface area (Å²) in [5.74, 6) is 0.283. The molecule has 1 aromatic rings. The Bertz CT molecular complexity index is 337. The van der Waals surface area contributed by atoms with Gasteiger partial charge < -0.3 is 14.8 Å². The van der Waals surface area contributed by atoms with Gasteiger partial charge in [-0.2, -0.15) is 0 Å². The van der Waals surface area contributed by atoms with E-state index in [0.717, 1.165) is 6.54 Å². The summed E-state index contributed by atoms with van der Waals surface area (Å²) in [6.45, 7) is 1.97. The Morgan fingerprint density at radius 1 is 1.53 bits per heavy atom. The van der Waals surface area contributed by atoms with Gasteiger partial charge in [0.15, 0.2) is 0 Å². The predicted molar refractivity (Wildman–Crippen MR) is 54.5 cm³/mol. The number of methoxy groups -OCH3 is 1. The Hall–Kier alpha value is -1.13. The molecule has 0 aromatic heterocycles. The molecule has 3 nitrogen and oxygen atoms in total. The summed E-state index contributed by atoms with van der Waals surface area (Å²) in [5, 5.41) is 3.21. The van der Waals surface area contributed by atoms with Gasteiger partial charge in [0.1, 0.15) is 11.6 Å². The third-order valence-corrected chi connectivity index (χ3v) is 2.50. The van der Waals surface area contributed by atoms with Gasteiger partial charge in [-0.3, -0.25) is 0 Å². The molecule has 2 rings (SSSR count). The minimum absolute atomic E-state index is 0.0512. The molecule has 0 aliphatic carbocycles. The van der Waals surface area contributed by atoms with E-state index in [4.69, 9.17) is 9.47 Å². The third kappa shape index (κ3) is 2.27. The van der Waals surface area contributed by atoms with Crippen LogP contribution in [0.4, 0.5) is 4.39 Å². The number of hydrogen-bond acceptors (Lipinski definition) is 3. The fourth-order valence-electron chi connectivity index (χ4n) is 1.68. The van der Waals surface area contributed by atoms with Crippen LogP contribution in [0.3, 0.4) is 0 Å². The van der Waals surface area contributed by atoms with Gasteiger partial charge in [0.05, 0.1) is 26.4 Å². The number of morpholine rings is 1. The van der Waals surface area contributed by atoms with Crippen molar-refractivity contribution in [1.82, 2.24) is 5.32 Å². The van der Waals surface area contributed by atoms with Crippen LogP contribution in [0.15, 0.2) is 18.2 Å². The Labute approximate surface area is 88.2 Å². The van der Waals surface area contributed by atoms with Crippen molar-refractivity contribution in [3.05, 3.63) is 29.6 Å². The maximum absolute atomic E-state index is 13.6. The summed E-state index contributed by atoms with van der Waals surface area (Å²) >= 11 is 0. The summed E-state index contributed by atoms with van der Waals surface area (Å²) in [5.41, 5.74) is 0.635. The van der Waals surface area contributed by atoms with E-state index >= 15 is 0 Å². The van der Waals surface area contributed by atoms with Crippen LogP contribution >= 0.6 is 0 Å². The molecular formula is C11H14FNO2.